The molecule has 3 rings (SSSR count). The normalized spacial score (nSPS) is 10.9. The van der Waals surface area contributed by atoms with Crippen LogP contribution >= 0.6 is 0 Å². The molecule has 0 radical (unpaired) electrons. The van der Waals surface area contributed by atoms with Crippen LogP contribution < -0.4 is 0 Å². The Balaban J connectivity index is 2.24. The van der Waals surface area contributed by atoms with E-state index in [1.165, 1.54) is 6.33 Å². The van der Waals surface area contributed by atoms with Crippen LogP contribution in [-0.2, 0) is 0 Å². The van der Waals surface area contributed by atoms with Gasteiger partial charge in [0.05, 0.1) is 11.0 Å². The average Bonchev–Trinajstić information content (AvgIpc) is 2.86. The van der Waals surface area contributed by atoms with Crippen LogP contribution in [0, 0.1) is 0 Å². The second kappa shape index (κ2) is 2.66. The van der Waals surface area contributed by atoms with Crippen LogP contribution in [0.3, 0.4) is 0 Å². The summed E-state index contributed by atoms with van der Waals surface area (Å²) in [6, 6.07) is 7.84. The molecule has 1 aromatic carbocycles. The molecule has 3 aromatic rings. The van der Waals surface area contributed by atoms with E-state index in [0.29, 0.717) is 11.6 Å². The van der Waals surface area contributed by atoms with Crippen LogP contribution in [0.15, 0.2) is 30.6 Å². The number of fused-ring (bicyclic) bond motifs is 1. The van der Waals surface area contributed by atoms with E-state index in [-0.39, 0.29) is 0 Å². The lowest BCUT2D eigenvalue weighted by molar-refractivity contribution is 1.08. The van der Waals surface area contributed by atoms with Gasteiger partial charge in [-0.15, -0.1) is 10.2 Å². The summed E-state index contributed by atoms with van der Waals surface area (Å²) in [5.41, 5.74) is 1.93. The van der Waals surface area contributed by atoms with Gasteiger partial charge in [-0.1, -0.05) is 12.1 Å². The Hall–Kier alpha value is -2.17. The molecule has 0 aliphatic carbocycles. The molecule has 0 atom stereocenters. The zero-order valence-corrected chi connectivity index (χ0v) is 7.23. The van der Waals surface area contributed by atoms with Gasteiger partial charge in [-0.2, -0.15) is 0 Å². The van der Waals surface area contributed by atoms with E-state index >= 15 is 0 Å². The number of hydrogen-bond acceptors (Lipinski definition) is 3. The summed E-state index contributed by atoms with van der Waals surface area (Å²) in [5, 5.41) is 7.59. The van der Waals surface area contributed by atoms with Crippen LogP contribution in [0.25, 0.3) is 22.7 Å². The molecule has 5 heteroatoms. The highest BCUT2D eigenvalue weighted by molar-refractivity contribution is 5.77. The van der Waals surface area contributed by atoms with E-state index in [4.69, 9.17) is 0 Å². The Labute approximate surface area is 79.2 Å². The fourth-order valence-corrected chi connectivity index (χ4v) is 1.39. The van der Waals surface area contributed by atoms with Crippen molar-refractivity contribution in [2.45, 2.75) is 0 Å². The number of hydrogen-bond donors (Lipinski definition) is 2. The minimum Gasteiger partial charge on any atom is -0.335 e. The molecule has 2 N–H and O–H groups in total. The third-order valence-electron chi connectivity index (χ3n) is 2.03. The molecule has 0 saturated carbocycles. The van der Waals surface area contributed by atoms with Gasteiger partial charge in [0.2, 0.25) is 0 Å². The standard InChI is InChI=1S/C9H7N5/c1-2-4-7-6(3-1)12-9(13-7)8-10-5-11-14-8/h1-5H,(H,12,13)(H,10,11,14). The number of aromatic amines is 2. The first-order valence-corrected chi connectivity index (χ1v) is 4.25. The maximum Gasteiger partial charge on any atom is 0.197 e. The van der Waals surface area contributed by atoms with E-state index in [2.05, 4.69) is 25.1 Å². The topological polar surface area (TPSA) is 70.2 Å². The van der Waals surface area contributed by atoms with E-state index in [9.17, 15) is 0 Å². The summed E-state index contributed by atoms with van der Waals surface area (Å²) in [4.78, 5) is 10.4. The molecule has 0 unspecified atom stereocenters. The molecular formula is C9H7N5. The molecule has 0 spiro atoms. The van der Waals surface area contributed by atoms with Gasteiger partial charge in [0.15, 0.2) is 11.6 Å². The second-order valence-corrected chi connectivity index (χ2v) is 2.94. The number of imidazole rings is 1. The van der Waals surface area contributed by atoms with Crippen LogP contribution in [0.2, 0.25) is 0 Å². The van der Waals surface area contributed by atoms with Gasteiger partial charge in [0, 0.05) is 0 Å². The van der Waals surface area contributed by atoms with Crippen molar-refractivity contribution >= 4 is 11.0 Å². The Morgan fingerprint density at radius 3 is 2.79 bits per heavy atom. The minimum absolute atomic E-state index is 0.654. The molecule has 5 nitrogen and oxygen atoms in total. The van der Waals surface area contributed by atoms with Gasteiger partial charge < -0.3 is 9.97 Å². The maximum atomic E-state index is 4.37. The van der Waals surface area contributed by atoms with E-state index in [1.54, 1.807) is 0 Å². The Morgan fingerprint density at radius 1 is 1.07 bits per heavy atom. The van der Waals surface area contributed by atoms with Crippen molar-refractivity contribution in [2.75, 3.05) is 0 Å². The quantitative estimate of drug-likeness (QED) is 0.601. The summed E-state index contributed by atoms with van der Waals surface area (Å²) in [6.07, 6.45) is 1.53. The highest BCUT2D eigenvalue weighted by Crippen LogP contribution is 2.15. The highest BCUT2D eigenvalue weighted by atomic mass is 15.2. The van der Waals surface area contributed by atoms with Gasteiger partial charge >= 0.3 is 0 Å². The van der Waals surface area contributed by atoms with E-state index < -0.39 is 0 Å². The van der Waals surface area contributed by atoms with Crippen molar-refractivity contribution in [3.63, 3.8) is 0 Å². The Morgan fingerprint density at radius 2 is 2.00 bits per heavy atom. The fraction of sp³-hybridized carbons (Fsp3) is 0. The van der Waals surface area contributed by atoms with Crippen LogP contribution in [0.1, 0.15) is 0 Å². The number of rotatable bonds is 1. The lowest BCUT2D eigenvalue weighted by Crippen LogP contribution is -1.82. The van der Waals surface area contributed by atoms with E-state index in [0.717, 1.165) is 11.0 Å². The Kier molecular flexibility index (Phi) is 1.38. The van der Waals surface area contributed by atoms with Crippen molar-refractivity contribution in [3.05, 3.63) is 30.6 Å². The first kappa shape index (κ1) is 7.25. The fourth-order valence-electron chi connectivity index (χ4n) is 1.39. The number of nitrogens with one attached hydrogen (secondary N) is 2. The molecule has 0 aliphatic heterocycles. The molecule has 0 aliphatic rings. The van der Waals surface area contributed by atoms with Gasteiger partial charge in [-0.05, 0) is 12.1 Å². The van der Waals surface area contributed by atoms with Crippen molar-refractivity contribution in [1.82, 2.24) is 25.1 Å². The SMILES string of the molecule is c1ccc2[nH]c(-c3nnc[nH]3)nc2c1. The monoisotopic (exact) mass is 185 g/mol. The van der Waals surface area contributed by atoms with Crippen molar-refractivity contribution < 1.29 is 0 Å². The minimum atomic E-state index is 0.654. The van der Waals surface area contributed by atoms with E-state index in [1.807, 2.05) is 24.3 Å². The van der Waals surface area contributed by atoms with Gasteiger partial charge in [0.1, 0.15) is 6.33 Å². The zero-order chi connectivity index (χ0) is 9.38. The van der Waals surface area contributed by atoms with Crippen LogP contribution in [0.5, 0.6) is 0 Å². The average molecular weight is 185 g/mol. The largest absolute Gasteiger partial charge is 0.335 e. The van der Waals surface area contributed by atoms with Crippen molar-refractivity contribution in [3.8, 4) is 11.6 Å². The predicted molar refractivity (Wildman–Crippen MR) is 51.5 cm³/mol. The summed E-state index contributed by atoms with van der Waals surface area (Å²) < 4.78 is 0. The number of aromatic nitrogens is 5. The Bertz CT molecular complexity index is 518. The first-order chi connectivity index (χ1) is 6.93. The molecule has 2 aromatic heterocycles. The smallest absolute Gasteiger partial charge is 0.197 e. The maximum absolute atomic E-state index is 4.37. The van der Waals surface area contributed by atoms with Gasteiger partial charge in [0.25, 0.3) is 0 Å². The second-order valence-electron chi connectivity index (χ2n) is 2.94. The predicted octanol–water partition coefficient (Wildman–Crippen LogP) is 1.35. The van der Waals surface area contributed by atoms with Crippen LogP contribution in [0.4, 0.5) is 0 Å². The molecule has 0 bridgehead atoms. The molecule has 14 heavy (non-hydrogen) atoms. The summed E-state index contributed by atoms with van der Waals surface area (Å²) in [5.74, 6) is 1.37. The molecule has 68 valence electrons. The first-order valence-electron chi connectivity index (χ1n) is 4.25. The highest BCUT2D eigenvalue weighted by Gasteiger charge is 2.06. The number of benzene rings is 1. The van der Waals surface area contributed by atoms with Crippen molar-refractivity contribution in [2.24, 2.45) is 0 Å². The zero-order valence-electron chi connectivity index (χ0n) is 7.23. The molecule has 2 heterocycles. The third-order valence-corrected chi connectivity index (χ3v) is 2.03. The molecular weight excluding hydrogens is 178 g/mol. The number of para-hydroxylation sites is 2. The van der Waals surface area contributed by atoms with Gasteiger partial charge in [-0.3, -0.25) is 0 Å². The number of nitrogens with zero attached hydrogens (tertiary/aromatic N) is 3. The lowest BCUT2D eigenvalue weighted by atomic mass is 10.3. The summed E-state index contributed by atoms with van der Waals surface area (Å²) in [7, 11) is 0. The van der Waals surface area contributed by atoms with Crippen molar-refractivity contribution in [1.29, 1.82) is 0 Å². The lowest BCUT2D eigenvalue weighted by Gasteiger charge is -1.84. The summed E-state index contributed by atoms with van der Waals surface area (Å²) in [6.45, 7) is 0. The molecule has 0 amide bonds. The third kappa shape index (κ3) is 0.990. The number of H-pyrrole nitrogens is 2. The summed E-state index contributed by atoms with van der Waals surface area (Å²) >= 11 is 0. The van der Waals surface area contributed by atoms with Gasteiger partial charge in [-0.25, -0.2) is 4.98 Å². The molecule has 0 fully saturated rings. The molecule has 0 saturated heterocycles. The van der Waals surface area contributed by atoms with Crippen LogP contribution in [-0.4, -0.2) is 25.1 Å².